The van der Waals surface area contributed by atoms with Gasteiger partial charge in [0.1, 0.15) is 0 Å². The molecular formula is C16H16IrN2-2. The summed E-state index contributed by atoms with van der Waals surface area (Å²) in [4.78, 5) is 4.42. The molecule has 0 amide bonds. The van der Waals surface area contributed by atoms with Crippen LogP contribution in [-0.2, 0) is 20.1 Å². The predicted octanol–water partition coefficient (Wildman–Crippen LogP) is 3.61. The number of anilines is 3. The number of hydrogen-bond donors (Lipinski definition) is 0. The molecule has 0 saturated heterocycles. The average molecular weight is 429 g/mol. The first kappa shape index (κ1) is 14.0. The van der Waals surface area contributed by atoms with Crippen molar-refractivity contribution in [1.29, 1.82) is 0 Å². The van der Waals surface area contributed by atoms with Crippen LogP contribution in [0.2, 0.25) is 0 Å². The van der Waals surface area contributed by atoms with E-state index in [2.05, 4.69) is 61.0 Å². The number of hydrogen-bond acceptors (Lipinski definition) is 2. The van der Waals surface area contributed by atoms with Crippen LogP contribution in [-0.4, -0.2) is 13.2 Å². The molecule has 0 N–H and O–H groups in total. The third-order valence-electron chi connectivity index (χ3n) is 3.52. The minimum absolute atomic E-state index is 0. The maximum Gasteiger partial charge on any atom is 0.0588 e. The summed E-state index contributed by atoms with van der Waals surface area (Å²) in [6, 6.07) is 16.5. The number of para-hydroxylation sites is 3. The fourth-order valence-electron chi connectivity index (χ4n) is 2.50. The summed E-state index contributed by atoms with van der Waals surface area (Å²) < 4.78 is 0. The first-order chi connectivity index (χ1) is 8.70. The predicted molar refractivity (Wildman–Crippen MR) is 77.0 cm³/mol. The van der Waals surface area contributed by atoms with Crippen LogP contribution in [0.5, 0.6) is 0 Å². The topological polar surface area (TPSA) is 6.48 Å². The van der Waals surface area contributed by atoms with E-state index in [0.717, 1.165) is 11.3 Å². The van der Waals surface area contributed by atoms with Crippen LogP contribution in [0.3, 0.4) is 0 Å². The Morgan fingerprint density at radius 3 is 2.05 bits per heavy atom. The fraction of sp³-hybridized carbons (Fsp3) is 0.125. The standard InChI is InChI=1S/C16H16N2.Ir/c1-12-8-4-5-9-14(12)18-13(2)17(3)15-10-6-7-11-16(15)18;/h4-11,13H,1-2H2,3H3;/q-2;. The van der Waals surface area contributed by atoms with Gasteiger partial charge in [-0.05, 0) is 18.3 Å². The first-order valence-electron chi connectivity index (χ1n) is 6.05. The molecule has 0 bridgehead atoms. The summed E-state index contributed by atoms with van der Waals surface area (Å²) in [7, 11) is 2.07. The SMILES string of the molecule is [CH2-]c1ccccc1N1c2ccccc2N(C)C1[CH2-].[Ir]. The van der Waals surface area contributed by atoms with Crippen molar-refractivity contribution in [1.82, 2.24) is 0 Å². The van der Waals surface area contributed by atoms with Crippen molar-refractivity contribution in [2.75, 3.05) is 16.8 Å². The van der Waals surface area contributed by atoms with E-state index in [4.69, 9.17) is 0 Å². The van der Waals surface area contributed by atoms with E-state index < -0.39 is 0 Å². The zero-order valence-corrected chi connectivity index (χ0v) is 13.2. The number of nitrogens with zero attached hydrogens (tertiary/aromatic N) is 2. The second kappa shape index (κ2) is 5.28. The minimum Gasteiger partial charge on any atom is -0.401 e. The van der Waals surface area contributed by atoms with Crippen LogP contribution < -0.4 is 9.80 Å². The third-order valence-corrected chi connectivity index (χ3v) is 3.52. The Morgan fingerprint density at radius 1 is 0.895 bits per heavy atom. The van der Waals surface area contributed by atoms with Gasteiger partial charge in [0, 0.05) is 27.2 Å². The van der Waals surface area contributed by atoms with Crippen LogP contribution in [0.1, 0.15) is 5.56 Å². The Morgan fingerprint density at radius 2 is 1.42 bits per heavy atom. The van der Waals surface area contributed by atoms with Gasteiger partial charge < -0.3 is 16.7 Å². The Balaban J connectivity index is 0.00000133. The van der Waals surface area contributed by atoms with Crippen LogP contribution >= 0.6 is 0 Å². The number of benzene rings is 2. The van der Waals surface area contributed by atoms with Gasteiger partial charge in [-0.2, -0.15) is 18.6 Å². The maximum atomic E-state index is 4.26. The average Bonchev–Trinajstić information content (AvgIpc) is 2.64. The van der Waals surface area contributed by atoms with Gasteiger partial charge in [0.2, 0.25) is 0 Å². The van der Waals surface area contributed by atoms with Gasteiger partial charge in [-0.1, -0.05) is 30.0 Å². The van der Waals surface area contributed by atoms with E-state index in [1.165, 1.54) is 11.4 Å². The van der Waals surface area contributed by atoms with E-state index >= 15 is 0 Å². The summed E-state index contributed by atoms with van der Waals surface area (Å²) in [6.45, 7) is 8.37. The van der Waals surface area contributed by atoms with Crippen LogP contribution in [0, 0.1) is 13.8 Å². The van der Waals surface area contributed by atoms with E-state index in [1.54, 1.807) is 0 Å². The molecule has 2 aromatic rings. The van der Waals surface area contributed by atoms with Crippen LogP contribution in [0.25, 0.3) is 0 Å². The zero-order chi connectivity index (χ0) is 12.7. The van der Waals surface area contributed by atoms with Gasteiger partial charge in [0.05, 0.1) is 11.4 Å². The Hall–Kier alpha value is -1.44. The number of fused-ring (bicyclic) bond motifs is 1. The molecule has 2 aromatic carbocycles. The van der Waals surface area contributed by atoms with Crippen molar-refractivity contribution < 1.29 is 20.1 Å². The zero-order valence-electron chi connectivity index (χ0n) is 10.8. The molecule has 1 heterocycles. The quantitative estimate of drug-likeness (QED) is 0.641. The molecule has 3 rings (SSSR count). The fourth-order valence-corrected chi connectivity index (χ4v) is 2.50. The van der Waals surface area contributed by atoms with Crippen LogP contribution in [0.4, 0.5) is 17.1 Å². The van der Waals surface area contributed by atoms with Gasteiger partial charge >= 0.3 is 0 Å². The Kier molecular flexibility index (Phi) is 3.88. The molecule has 19 heavy (non-hydrogen) atoms. The van der Waals surface area contributed by atoms with Gasteiger partial charge in [-0.25, -0.2) is 0 Å². The largest absolute Gasteiger partial charge is 0.401 e. The molecule has 0 aliphatic carbocycles. The molecule has 3 heteroatoms. The third kappa shape index (κ3) is 2.13. The van der Waals surface area contributed by atoms with Crippen molar-refractivity contribution in [2.45, 2.75) is 6.17 Å². The minimum atomic E-state index is 0. The molecule has 1 radical (unpaired) electrons. The van der Waals surface area contributed by atoms with E-state index in [9.17, 15) is 0 Å². The van der Waals surface area contributed by atoms with Gasteiger partial charge in [-0.3, -0.25) is 0 Å². The first-order valence-corrected chi connectivity index (χ1v) is 6.05. The molecule has 0 aromatic heterocycles. The van der Waals surface area contributed by atoms with Gasteiger partial charge in [-0.15, -0.1) is 6.07 Å². The normalized spacial score (nSPS) is 17.1. The molecule has 1 aliphatic rings. The molecule has 0 fully saturated rings. The summed E-state index contributed by atoms with van der Waals surface area (Å²) in [5.41, 5.74) is 4.54. The molecule has 1 atom stereocenters. The molecule has 101 valence electrons. The maximum absolute atomic E-state index is 4.26. The smallest absolute Gasteiger partial charge is 0.0588 e. The summed E-state index contributed by atoms with van der Waals surface area (Å²) in [6.07, 6.45) is 0.0605. The van der Waals surface area contributed by atoms with Crippen molar-refractivity contribution in [3.05, 3.63) is 67.9 Å². The monoisotopic (exact) mass is 429 g/mol. The summed E-state index contributed by atoms with van der Waals surface area (Å²) >= 11 is 0. The van der Waals surface area contributed by atoms with Crippen molar-refractivity contribution in [2.24, 2.45) is 0 Å². The molecule has 2 nitrogen and oxygen atoms in total. The molecule has 1 unspecified atom stereocenters. The molecular weight excluding hydrogens is 412 g/mol. The number of rotatable bonds is 1. The molecule has 0 saturated carbocycles. The summed E-state index contributed by atoms with van der Waals surface area (Å²) in [5.74, 6) is 0. The van der Waals surface area contributed by atoms with Crippen molar-refractivity contribution in [3.8, 4) is 0 Å². The molecule has 1 aliphatic heterocycles. The Labute approximate surface area is 128 Å². The van der Waals surface area contributed by atoms with E-state index in [1.807, 2.05) is 18.2 Å². The van der Waals surface area contributed by atoms with E-state index in [-0.39, 0.29) is 26.3 Å². The van der Waals surface area contributed by atoms with Gasteiger partial charge in [0.15, 0.2) is 0 Å². The Bertz CT molecular complexity index is 582. The van der Waals surface area contributed by atoms with Crippen LogP contribution in [0.15, 0.2) is 48.5 Å². The van der Waals surface area contributed by atoms with Gasteiger partial charge in [0.25, 0.3) is 0 Å². The van der Waals surface area contributed by atoms with E-state index in [0.29, 0.717) is 0 Å². The second-order valence-electron chi connectivity index (χ2n) is 4.58. The second-order valence-corrected chi connectivity index (χ2v) is 4.58. The van der Waals surface area contributed by atoms with Crippen molar-refractivity contribution >= 4 is 17.1 Å². The molecule has 0 spiro atoms. The van der Waals surface area contributed by atoms with Crippen molar-refractivity contribution in [3.63, 3.8) is 0 Å². The summed E-state index contributed by atoms with van der Waals surface area (Å²) in [5, 5.41) is 0.